The molecule has 1 atom stereocenters. The molecule has 11 heavy (non-hydrogen) atoms. The van der Waals surface area contributed by atoms with Crippen LogP contribution in [0.5, 0.6) is 0 Å². The molecular formula is C9H17NO. The highest BCUT2D eigenvalue weighted by Crippen LogP contribution is 2.21. The fourth-order valence-electron chi connectivity index (χ4n) is 1.76. The Morgan fingerprint density at radius 3 is 2.73 bits per heavy atom. The second kappa shape index (κ2) is 3.74. The molecule has 1 amide bonds. The van der Waals surface area contributed by atoms with E-state index in [0.29, 0.717) is 11.8 Å². The van der Waals surface area contributed by atoms with Gasteiger partial charge in [-0.05, 0) is 19.3 Å². The number of nitrogens with zero attached hydrogens (tertiary/aromatic N) is 1. The predicted molar refractivity (Wildman–Crippen MR) is 45.3 cm³/mol. The van der Waals surface area contributed by atoms with E-state index in [2.05, 4.69) is 6.92 Å². The van der Waals surface area contributed by atoms with Gasteiger partial charge in [0.1, 0.15) is 0 Å². The molecule has 0 spiro atoms. The fraction of sp³-hybridized carbons (Fsp3) is 0.889. The minimum absolute atomic E-state index is 0.353. The lowest BCUT2D eigenvalue weighted by Crippen LogP contribution is -2.24. The molecule has 1 aliphatic heterocycles. The summed E-state index contributed by atoms with van der Waals surface area (Å²) < 4.78 is 0. The molecule has 1 aliphatic rings. The van der Waals surface area contributed by atoms with E-state index in [0.717, 1.165) is 19.5 Å². The quantitative estimate of drug-likeness (QED) is 0.607. The smallest absolute Gasteiger partial charge is 0.222 e. The van der Waals surface area contributed by atoms with Crippen LogP contribution in [-0.2, 0) is 4.79 Å². The van der Waals surface area contributed by atoms with Gasteiger partial charge in [-0.15, -0.1) is 0 Å². The highest BCUT2D eigenvalue weighted by molar-refractivity contribution is 5.78. The summed E-state index contributed by atoms with van der Waals surface area (Å²) in [6, 6.07) is 0. The summed E-state index contributed by atoms with van der Waals surface area (Å²) in [5.41, 5.74) is 0. The highest BCUT2D eigenvalue weighted by atomic mass is 16.2. The van der Waals surface area contributed by atoms with Gasteiger partial charge in [0, 0.05) is 19.5 Å². The molecule has 0 aromatic rings. The SMILES string of the molecule is CCCC1CC(=O)N(CC)C1. The Morgan fingerprint density at radius 1 is 1.55 bits per heavy atom. The van der Waals surface area contributed by atoms with Crippen molar-refractivity contribution < 1.29 is 4.79 Å². The summed E-state index contributed by atoms with van der Waals surface area (Å²) in [5, 5.41) is 0. The third-order valence-corrected chi connectivity index (χ3v) is 2.37. The van der Waals surface area contributed by atoms with Gasteiger partial charge in [0.2, 0.25) is 5.91 Å². The van der Waals surface area contributed by atoms with Crippen LogP contribution in [0.2, 0.25) is 0 Å². The molecule has 1 fully saturated rings. The molecule has 64 valence electrons. The maximum Gasteiger partial charge on any atom is 0.222 e. The van der Waals surface area contributed by atoms with E-state index in [1.54, 1.807) is 0 Å². The van der Waals surface area contributed by atoms with Gasteiger partial charge in [-0.3, -0.25) is 4.79 Å². The standard InChI is InChI=1S/C9H17NO/c1-3-5-8-6-9(11)10(4-2)7-8/h8H,3-7H2,1-2H3. The topological polar surface area (TPSA) is 20.3 Å². The Hall–Kier alpha value is -0.530. The van der Waals surface area contributed by atoms with Gasteiger partial charge in [-0.2, -0.15) is 0 Å². The Kier molecular flexibility index (Phi) is 2.92. The van der Waals surface area contributed by atoms with Crippen LogP contribution >= 0.6 is 0 Å². The van der Waals surface area contributed by atoms with Crippen LogP contribution in [0, 0.1) is 5.92 Å². The zero-order chi connectivity index (χ0) is 8.27. The molecular weight excluding hydrogens is 138 g/mol. The second-order valence-electron chi connectivity index (χ2n) is 3.29. The normalized spacial score (nSPS) is 24.7. The zero-order valence-electron chi connectivity index (χ0n) is 7.47. The van der Waals surface area contributed by atoms with Crippen LogP contribution in [0.3, 0.4) is 0 Å². The van der Waals surface area contributed by atoms with Gasteiger partial charge < -0.3 is 4.90 Å². The number of carbonyl (C=O) groups is 1. The van der Waals surface area contributed by atoms with Crippen molar-refractivity contribution in [2.75, 3.05) is 13.1 Å². The largest absolute Gasteiger partial charge is 0.343 e. The monoisotopic (exact) mass is 155 g/mol. The third-order valence-electron chi connectivity index (χ3n) is 2.37. The average molecular weight is 155 g/mol. The molecule has 0 N–H and O–H groups in total. The average Bonchev–Trinajstić information content (AvgIpc) is 2.32. The molecule has 0 saturated carbocycles. The number of likely N-dealkylation sites (tertiary alicyclic amines) is 1. The predicted octanol–water partition coefficient (Wildman–Crippen LogP) is 1.65. The molecule has 0 aromatic carbocycles. The second-order valence-corrected chi connectivity index (χ2v) is 3.29. The van der Waals surface area contributed by atoms with E-state index in [-0.39, 0.29) is 0 Å². The maximum atomic E-state index is 11.2. The van der Waals surface area contributed by atoms with Crippen molar-refractivity contribution >= 4 is 5.91 Å². The first-order valence-electron chi connectivity index (χ1n) is 4.55. The first kappa shape index (κ1) is 8.57. The van der Waals surface area contributed by atoms with Gasteiger partial charge in [-0.25, -0.2) is 0 Å². The van der Waals surface area contributed by atoms with Crippen LogP contribution < -0.4 is 0 Å². The van der Waals surface area contributed by atoms with Crippen LogP contribution in [0.25, 0.3) is 0 Å². The fourth-order valence-corrected chi connectivity index (χ4v) is 1.76. The number of hydrogen-bond donors (Lipinski definition) is 0. The van der Waals surface area contributed by atoms with E-state index in [4.69, 9.17) is 0 Å². The Labute approximate surface area is 68.6 Å². The highest BCUT2D eigenvalue weighted by Gasteiger charge is 2.26. The summed E-state index contributed by atoms with van der Waals surface area (Å²) >= 11 is 0. The van der Waals surface area contributed by atoms with Gasteiger partial charge in [0.15, 0.2) is 0 Å². The van der Waals surface area contributed by atoms with Crippen LogP contribution in [0.4, 0.5) is 0 Å². The van der Waals surface area contributed by atoms with E-state index in [9.17, 15) is 4.79 Å². The van der Waals surface area contributed by atoms with Crippen molar-refractivity contribution in [2.24, 2.45) is 5.92 Å². The summed E-state index contributed by atoms with van der Waals surface area (Å²) in [6.07, 6.45) is 3.21. The lowest BCUT2D eigenvalue weighted by Gasteiger charge is -2.12. The van der Waals surface area contributed by atoms with Crippen LogP contribution in [0.15, 0.2) is 0 Å². The van der Waals surface area contributed by atoms with Crippen molar-refractivity contribution in [2.45, 2.75) is 33.1 Å². The minimum atomic E-state index is 0.353. The van der Waals surface area contributed by atoms with Gasteiger partial charge in [-0.1, -0.05) is 13.3 Å². The molecule has 1 rings (SSSR count). The lowest BCUT2D eigenvalue weighted by atomic mass is 10.0. The van der Waals surface area contributed by atoms with Crippen molar-refractivity contribution in [1.82, 2.24) is 4.90 Å². The molecule has 1 heterocycles. The summed E-state index contributed by atoms with van der Waals surface area (Å²) in [4.78, 5) is 13.2. The van der Waals surface area contributed by atoms with Crippen molar-refractivity contribution in [3.05, 3.63) is 0 Å². The molecule has 2 heteroatoms. The molecule has 1 saturated heterocycles. The van der Waals surface area contributed by atoms with Crippen LogP contribution in [-0.4, -0.2) is 23.9 Å². The molecule has 0 aliphatic carbocycles. The number of rotatable bonds is 3. The van der Waals surface area contributed by atoms with Gasteiger partial charge in [0.05, 0.1) is 0 Å². The molecule has 1 unspecified atom stereocenters. The summed E-state index contributed by atoms with van der Waals surface area (Å²) in [7, 11) is 0. The third kappa shape index (κ3) is 1.95. The number of hydrogen-bond acceptors (Lipinski definition) is 1. The van der Waals surface area contributed by atoms with Crippen molar-refractivity contribution in [3.8, 4) is 0 Å². The first-order chi connectivity index (χ1) is 5.27. The molecule has 0 radical (unpaired) electrons. The number of carbonyl (C=O) groups excluding carboxylic acids is 1. The number of amides is 1. The van der Waals surface area contributed by atoms with E-state index >= 15 is 0 Å². The van der Waals surface area contributed by atoms with Gasteiger partial charge in [0.25, 0.3) is 0 Å². The summed E-state index contributed by atoms with van der Waals surface area (Å²) in [6.45, 7) is 6.12. The summed E-state index contributed by atoms with van der Waals surface area (Å²) in [5.74, 6) is 0.999. The molecule has 0 aromatic heterocycles. The van der Waals surface area contributed by atoms with Crippen LogP contribution in [0.1, 0.15) is 33.1 Å². The van der Waals surface area contributed by atoms with Crippen molar-refractivity contribution in [3.63, 3.8) is 0 Å². The molecule has 0 bridgehead atoms. The van der Waals surface area contributed by atoms with Crippen molar-refractivity contribution in [1.29, 1.82) is 0 Å². The lowest BCUT2D eigenvalue weighted by molar-refractivity contribution is -0.127. The van der Waals surface area contributed by atoms with E-state index in [1.807, 2.05) is 11.8 Å². The Bertz CT molecular complexity index is 144. The van der Waals surface area contributed by atoms with E-state index in [1.165, 1.54) is 12.8 Å². The van der Waals surface area contributed by atoms with E-state index < -0.39 is 0 Å². The molecule has 2 nitrogen and oxygen atoms in total. The minimum Gasteiger partial charge on any atom is -0.343 e. The Balaban J connectivity index is 2.36. The van der Waals surface area contributed by atoms with Gasteiger partial charge >= 0.3 is 0 Å². The Morgan fingerprint density at radius 2 is 2.27 bits per heavy atom. The zero-order valence-corrected chi connectivity index (χ0v) is 7.47. The maximum absolute atomic E-state index is 11.2. The first-order valence-corrected chi connectivity index (χ1v) is 4.55.